The highest BCUT2D eigenvalue weighted by Crippen LogP contribution is 2.42. The lowest BCUT2D eigenvalue weighted by molar-refractivity contribution is -0.381. The lowest BCUT2D eigenvalue weighted by Crippen LogP contribution is -2.34. The van der Waals surface area contributed by atoms with Gasteiger partial charge in [0.2, 0.25) is 17.2 Å². The number of thiophene rings is 10. The number of nitrogens with two attached hydrogens (primary N) is 1. The number of aromatic hydroxyl groups is 5. The van der Waals surface area contributed by atoms with E-state index in [0.717, 1.165) is 112 Å². The lowest BCUT2D eigenvalue weighted by Gasteiger charge is -2.12. The van der Waals surface area contributed by atoms with Gasteiger partial charge >= 0.3 is 41.0 Å². The van der Waals surface area contributed by atoms with Gasteiger partial charge in [0.1, 0.15) is 15.7 Å². The zero-order chi connectivity index (χ0) is 89.6. The lowest BCUT2D eigenvalue weighted by atomic mass is 10.2. The number of nitro groups is 7. The number of rotatable bonds is 16. The number of nitrogens with one attached hydrogen (secondary N) is 1. The van der Waals surface area contributed by atoms with Crippen LogP contribution >= 0.6 is 145 Å². The van der Waals surface area contributed by atoms with E-state index in [-0.39, 0.29) is 136 Å². The number of ether oxygens (including phenoxy) is 1. The number of aryl methyl sites for hydroxylation is 2. The Morgan fingerprint density at radius 1 is 0.436 bits per heavy atom. The summed E-state index contributed by atoms with van der Waals surface area (Å²) >= 11 is 16.7. The number of carbonyl (C=O) groups excluding carboxylic acids is 4. The number of hydrogen-bond acceptors (Lipinski definition) is 39. The van der Waals surface area contributed by atoms with Crippen LogP contribution in [0.4, 0.5) is 50.7 Å². The number of nitrogens with zero attached hydrogens (tertiary/aromatic N) is 11. The van der Waals surface area contributed by atoms with Crippen molar-refractivity contribution in [1.29, 1.82) is 0 Å². The smallest absolute Gasteiger partial charge is 0.366 e. The molecule has 0 aliphatic heterocycles. The number of carboxylic acids is 1. The topological polar surface area (TPSA) is 603 Å². The molecule has 0 aliphatic carbocycles. The average molecular weight is 1950 g/mol. The summed E-state index contributed by atoms with van der Waals surface area (Å²) in [7, 11) is 12.6. The zero-order valence-electron chi connectivity index (χ0n) is 62.8. The Morgan fingerprint density at radius 3 is 1.11 bits per heavy atom. The highest BCUT2D eigenvalue weighted by Gasteiger charge is 2.29. The minimum Gasteiger partial charge on any atom is -0.504 e. The highest BCUT2D eigenvalue weighted by atomic mass is 79.9. The Labute approximate surface area is 716 Å². The van der Waals surface area contributed by atoms with Crippen molar-refractivity contribution in [1.82, 2.24) is 19.6 Å². The van der Waals surface area contributed by atoms with Gasteiger partial charge in [0.05, 0.1) is 90.1 Å². The molecule has 10 heterocycles. The van der Waals surface area contributed by atoms with Crippen molar-refractivity contribution in [2.75, 3.05) is 74.0 Å². The largest absolute Gasteiger partial charge is 0.504 e. The van der Waals surface area contributed by atoms with Gasteiger partial charge in [0.15, 0.2) is 17.2 Å². The monoisotopic (exact) mass is 1940 g/mol. The number of carbonyl (C=O) groups is 5. The summed E-state index contributed by atoms with van der Waals surface area (Å²) in [4.78, 5) is 152. The number of aromatic carboxylic acids is 1. The molecule has 4 amide bonds. The Morgan fingerprint density at radius 2 is 0.812 bits per heavy atom. The fourth-order valence-corrected chi connectivity index (χ4v) is 16.1. The van der Waals surface area contributed by atoms with E-state index in [9.17, 15) is 120 Å². The second kappa shape index (κ2) is 47.6. The van der Waals surface area contributed by atoms with E-state index in [1.54, 1.807) is 104 Å². The Balaban J connectivity index is 0.000000447. The van der Waals surface area contributed by atoms with Crippen molar-refractivity contribution in [2.24, 2.45) is 0 Å². The molecule has 630 valence electrons. The number of nitrogen functional groups attached to an aromatic ring is 1. The van der Waals surface area contributed by atoms with Gasteiger partial charge in [0.25, 0.3) is 34.5 Å². The molecule has 53 heteroatoms. The van der Waals surface area contributed by atoms with Crippen molar-refractivity contribution in [2.45, 2.75) is 41.5 Å². The Hall–Kier alpha value is -11.4. The van der Waals surface area contributed by atoms with Crippen molar-refractivity contribution in [3.8, 4) is 34.5 Å². The maximum atomic E-state index is 11.8. The maximum absolute atomic E-state index is 11.8. The molecule has 117 heavy (non-hydrogen) atoms. The first-order chi connectivity index (χ1) is 54.4. The second-order valence-electron chi connectivity index (χ2n) is 22.5. The van der Waals surface area contributed by atoms with Crippen LogP contribution in [0.2, 0.25) is 0 Å². The van der Waals surface area contributed by atoms with Crippen molar-refractivity contribution >= 4 is 226 Å². The second-order valence-corrected chi connectivity index (χ2v) is 32.9. The van der Waals surface area contributed by atoms with Crippen LogP contribution in [0.25, 0.3) is 0 Å². The molecule has 0 fully saturated rings. The Kier molecular flexibility index (Phi) is 41.3. The van der Waals surface area contributed by atoms with Crippen molar-refractivity contribution < 1.29 is 93.8 Å². The van der Waals surface area contributed by atoms with Gasteiger partial charge in [-0.2, -0.15) is 11.3 Å². The molecule has 0 saturated heterocycles. The van der Waals surface area contributed by atoms with Gasteiger partial charge in [-0.3, -0.25) is 99.6 Å². The molecule has 41 nitrogen and oxygen atoms in total. The minimum absolute atomic E-state index is 0.00264. The summed E-state index contributed by atoms with van der Waals surface area (Å²) in [5.74, 6) is -3.90. The molecule has 0 unspecified atom stereocenters. The molecule has 11 aromatic rings. The van der Waals surface area contributed by atoms with E-state index in [2.05, 4.69) is 60.9 Å². The SMILES string of the molecule is CCOc1c(Nc2scc(C(=O)N(C)C)c2O)c(=O)c1=O.CN(C)C(=O)c1csc(N)c1O.CN(C)C(=O)c1csc([N+](=O)[O-])c1O.Cc1c(Br)csc1[N+](=O)[O-].Cc1c(C(=O)N(C)C)csc1[N+](=O)[O-].Cc1c(C(=O)O)csc1[N+](=O)[O-].Cc1ccsc1.Cc1ccsc1[N+](=O)[O-].O=[N+]([O-])c1scc(Br)c1O.O=[N+]([O-])c1sccc1O. The maximum Gasteiger partial charge on any atom is 0.366 e. The number of carboxylic acid groups (broad SMARTS) is 1. The van der Waals surface area contributed by atoms with E-state index in [0.29, 0.717) is 21.2 Å². The number of hydrogen-bond donors (Lipinski definition) is 8. The van der Waals surface area contributed by atoms with Crippen LogP contribution < -0.4 is 26.6 Å². The van der Waals surface area contributed by atoms with Crippen LogP contribution in [0.15, 0.2) is 95.9 Å². The normalized spacial score (nSPS) is 9.85. The fourth-order valence-electron chi connectivity index (χ4n) is 7.50. The van der Waals surface area contributed by atoms with Crippen LogP contribution in [-0.4, -0.2) is 177 Å². The number of amides is 4. The van der Waals surface area contributed by atoms with Crippen molar-refractivity contribution in [3.05, 3.63) is 233 Å². The summed E-state index contributed by atoms with van der Waals surface area (Å²) < 4.78 is 6.25. The third kappa shape index (κ3) is 29.4. The molecule has 1 aromatic carbocycles. The first-order valence-electron chi connectivity index (χ1n) is 31.1. The van der Waals surface area contributed by atoms with E-state index in [1.165, 1.54) is 84.5 Å². The Bertz CT molecular complexity index is 5200. The first-order valence-corrected chi connectivity index (χ1v) is 41.5. The molecule has 10 aromatic heterocycles. The van der Waals surface area contributed by atoms with E-state index >= 15 is 0 Å². The fraction of sp³-hybridized carbons (Fsp3) is 0.234. The molecule has 0 aliphatic rings. The summed E-state index contributed by atoms with van der Waals surface area (Å²) in [6.45, 7) is 10.5. The minimum atomic E-state index is -1.13. The number of anilines is 3. The van der Waals surface area contributed by atoms with Gasteiger partial charge in [-0.15, -0.1) is 22.7 Å². The van der Waals surface area contributed by atoms with Crippen LogP contribution in [0, 0.1) is 105 Å². The van der Waals surface area contributed by atoms with E-state index in [1.807, 2.05) is 0 Å². The summed E-state index contributed by atoms with van der Waals surface area (Å²) in [5.41, 5.74) is 8.23. The van der Waals surface area contributed by atoms with Gasteiger partial charge in [-0.25, -0.2) is 4.79 Å². The molecule has 0 bridgehead atoms. The quantitative estimate of drug-likeness (QED) is 0.0253. The predicted octanol–water partition coefficient (Wildman–Crippen LogP) is 16.3. The molecule has 11 rings (SSSR count). The van der Waals surface area contributed by atoms with Crippen LogP contribution in [0.5, 0.6) is 34.5 Å². The van der Waals surface area contributed by atoms with E-state index < -0.39 is 58.1 Å². The molecule has 0 atom stereocenters. The molecule has 9 N–H and O–H groups in total. The molecule has 0 radical (unpaired) electrons. The molecule has 0 saturated carbocycles. The van der Waals surface area contributed by atoms with Crippen molar-refractivity contribution in [3.63, 3.8) is 0 Å². The van der Waals surface area contributed by atoms with Gasteiger partial charge < -0.3 is 66.0 Å². The van der Waals surface area contributed by atoms with E-state index in [4.69, 9.17) is 25.8 Å². The molecule has 0 spiro atoms. The summed E-state index contributed by atoms with van der Waals surface area (Å²) in [6.07, 6.45) is 0. The average Bonchev–Trinajstić information content (AvgIpc) is 1.41. The third-order valence-electron chi connectivity index (χ3n) is 13.4. The predicted molar refractivity (Wildman–Crippen MR) is 456 cm³/mol. The third-order valence-corrected chi connectivity index (χ3v) is 24.7. The van der Waals surface area contributed by atoms with Crippen LogP contribution in [0.1, 0.15) is 86.5 Å². The standard InChI is InChI=1S/C13H14N2O5S.C8H10N2O3S.C7H8N2O4S.C7H10N2O2S.C6H5NO4S.C5H4BrNO2S.C5H5NO2S.C5H6S.C4H2BrNO3S.C4H3NO3S/c1-4-20-11-7(9(17)10(11)18)14-12-8(16)6(5-21-12)13(19)15(2)3;1-5-6(7(11)9(2)3)4-14-8(5)10(12)13;1-8(2)6(11)4-3-14-7(5(4)10)9(12)13;1-9(2)7(11)4-3-12-6(8)5(4)10;1-3-4(6(8)9)2-12-5(3)7(10)11;1-3-4(6)2-10-5(3)7(8)9;1-4-2-3-9-5(4)6(7)8;1-5-2-3-6-4-5;5-2-1-10-4(3(2)7)6(8)9;6-3-1-2-9-4(3)5(7)8/h5,14,16H,4H2,1-3H3;4H,1-3H3;3,10H,1-2H3;3,10H,8H2,1-2H3;2H,1H3,(H,8,9);2H,1H3;2-3H,1H3;2-4H,1H3;1,7H;1-2,6H. The van der Waals surface area contributed by atoms with Gasteiger partial charge in [0, 0.05) is 109 Å². The highest BCUT2D eigenvalue weighted by molar-refractivity contribution is 9.11. The van der Waals surface area contributed by atoms with Crippen LogP contribution in [-0.2, 0) is 0 Å². The zero-order valence-corrected chi connectivity index (χ0v) is 74.1. The van der Waals surface area contributed by atoms with Crippen LogP contribution in [0.3, 0.4) is 0 Å². The summed E-state index contributed by atoms with van der Waals surface area (Å²) in [6, 6.07) is 5.14. The number of halogens is 2. The molecular weight excluding hydrogens is 1880 g/mol. The van der Waals surface area contributed by atoms with Gasteiger partial charge in [-0.05, 0) is 113 Å². The summed E-state index contributed by atoms with van der Waals surface area (Å²) in [5, 5.41) is 147. The first kappa shape index (κ1) is 102. The van der Waals surface area contributed by atoms with Gasteiger partial charge in [-0.1, -0.05) is 79.4 Å². The molecular formula is C64H67Br2N13O28S10.